The molecule has 1 aliphatic carbocycles. The van der Waals surface area contributed by atoms with Gasteiger partial charge in [-0.25, -0.2) is 4.79 Å². The molecule has 0 saturated carbocycles. The van der Waals surface area contributed by atoms with Crippen molar-refractivity contribution in [2.24, 2.45) is 0 Å². The molecule has 22 heavy (non-hydrogen) atoms. The molecular weight excluding hydrogens is 323 g/mol. The van der Waals surface area contributed by atoms with Gasteiger partial charge in [0.15, 0.2) is 0 Å². The molecule has 0 radical (unpaired) electrons. The van der Waals surface area contributed by atoms with E-state index in [1.165, 1.54) is 4.90 Å². The van der Waals surface area contributed by atoms with Crippen LogP contribution in [0.2, 0.25) is 5.02 Å². The van der Waals surface area contributed by atoms with Gasteiger partial charge in [-0.1, -0.05) is 17.5 Å². The Labute approximate surface area is 142 Å². The lowest BCUT2D eigenvalue weighted by molar-refractivity contribution is 0.165. The molecule has 120 valence electrons. The van der Waals surface area contributed by atoms with Gasteiger partial charge in [0.2, 0.25) is 0 Å². The van der Waals surface area contributed by atoms with Gasteiger partial charge in [-0.15, -0.1) is 18.8 Å². The minimum atomic E-state index is -0.389. The number of benzene rings is 1. The Bertz CT molecular complexity index is 584. The first-order valence-electron chi connectivity index (χ1n) is 6.99. The van der Waals surface area contributed by atoms with Crippen molar-refractivity contribution < 1.29 is 9.53 Å². The number of hydrogen-bond acceptors (Lipinski definition) is 3. The molecule has 0 spiro atoms. The minimum absolute atomic E-state index is 0. The molecule has 1 atom stereocenters. The zero-order valence-electron chi connectivity index (χ0n) is 12.7. The molecule has 0 aromatic heterocycles. The highest BCUT2D eigenvalue weighted by Gasteiger charge is 2.25. The van der Waals surface area contributed by atoms with Crippen molar-refractivity contribution in [2.75, 3.05) is 20.1 Å². The lowest BCUT2D eigenvalue weighted by Gasteiger charge is -2.17. The number of carbonyl (C=O) groups is 1. The smallest absolute Gasteiger partial charge is 0.410 e. The molecule has 0 fully saturated rings. The summed E-state index contributed by atoms with van der Waals surface area (Å²) >= 11 is 6.30. The Kier molecular flexibility index (Phi) is 7.02. The summed E-state index contributed by atoms with van der Waals surface area (Å²) in [6.07, 6.45) is 6.75. The molecule has 4 nitrogen and oxygen atoms in total. The van der Waals surface area contributed by atoms with Crippen molar-refractivity contribution in [2.45, 2.75) is 25.8 Å². The van der Waals surface area contributed by atoms with Crippen molar-refractivity contribution in [1.29, 1.82) is 0 Å². The lowest BCUT2D eigenvalue weighted by Crippen LogP contribution is -2.29. The molecule has 0 saturated heterocycles. The van der Waals surface area contributed by atoms with E-state index in [1.807, 2.05) is 13.0 Å². The van der Waals surface area contributed by atoms with E-state index < -0.39 is 0 Å². The first kappa shape index (κ1) is 18.6. The summed E-state index contributed by atoms with van der Waals surface area (Å²) in [5.41, 5.74) is 2.18. The zero-order chi connectivity index (χ0) is 15.4. The van der Waals surface area contributed by atoms with E-state index in [0.717, 1.165) is 24.0 Å². The van der Waals surface area contributed by atoms with Crippen LogP contribution in [0.3, 0.4) is 0 Å². The standard InChI is InChI=1S/C16H19ClN2O2.ClH/c1-4-8-18-15-7-6-12-13(15)9-11(10-14(12)17)21-16(20)19(3)5-2;/h1,9-10,15,18H,5-8H2,2-3H3;1H. The van der Waals surface area contributed by atoms with E-state index in [-0.39, 0.29) is 24.5 Å². The second-order valence-corrected chi connectivity index (χ2v) is 5.44. The maximum atomic E-state index is 11.8. The topological polar surface area (TPSA) is 41.6 Å². The number of nitrogens with zero attached hydrogens (tertiary/aromatic N) is 1. The summed E-state index contributed by atoms with van der Waals surface area (Å²) in [5.74, 6) is 3.04. The van der Waals surface area contributed by atoms with Crippen LogP contribution in [0.4, 0.5) is 4.79 Å². The Morgan fingerprint density at radius 1 is 1.59 bits per heavy atom. The van der Waals surface area contributed by atoms with Crippen molar-refractivity contribution in [1.82, 2.24) is 10.2 Å². The van der Waals surface area contributed by atoms with E-state index in [1.54, 1.807) is 13.1 Å². The maximum Gasteiger partial charge on any atom is 0.414 e. The van der Waals surface area contributed by atoms with E-state index in [4.69, 9.17) is 22.8 Å². The molecule has 6 heteroatoms. The van der Waals surface area contributed by atoms with Crippen LogP contribution in [0.25, 0.3) is 0 Å². The number of halogens is 2. The van der Waals surface area contributed by atoms with Crippen LogP contribution >= 0.6 is 24.0 Å². The predicted octanol–water partition coefficient (Wildman–Crippen LogP) is 3.42. The highest BCUT2D eigenvalue weighted by Crippen LogP contribution is 2.38. The SMILES string of the molecule is C#CCNC1CCc2c(Cl)cc(OC(=O)N(C)CC)cc21.Cl. The quantitative estimate of drug-likeness (QED) is 0.852. The minimum Gasteiger partial charge on any atom is -0.410 e. The number of carbonyl (C=O) groups excluding carboxylic acids is 1. The molecule has 0 heterocycles. The van der Waals surface area contributed by atoms with Crippen molar-refractivity contribution in [3.8, 4) is 18.1 Å². The zero-order valence-corrected chi connectivity index (χ0v) is 14.3. The van der Waals surface area contributed by atoms with Crippen LogP contribution < -0.4 is 10.1 Å². The van der Waals surface area contributed by atoms with Crippen molar-refractivity contribution in [3.63, 3.8) is 0 Å². The number of amides is 1. The molecule has 1 N–H and O–H groups in total. The molecule has 1 aromatic carbocycles. The number of hydrogen-bond donors (Lipinski definition) is 1. The third-order valence-corrected chi connectivity index (χ3v) is 4.04. The van der Waals surface area contributed by atoms with Gasteiger partial charge in [-0.2, -0.15) is 0 Å². The van der Waals surface area contributed by atoms with Gasteiger partial charge in [0.05, 0.1) is 6.54 Å². The molecule has 0 bridgehead atoms. The third-order valence-electron chi connectivity index (χ3n) is 3.70. The summed E-state index contributed by atoms with van der Waals surface area (Å²) in [4.78, 5) is 13.3. The Balaban J connectivity index is 0.00000242. The molecular formula is C16H20Cl2N2O2. The van der Waals surface area contributed by atoms with Crippen LogP contribution in [0.15, 0.2) is 12.1 Å². The van der Waals surface area contributed by atoms with Crippen molar-refractivity contribution >= 4 is 30.1 Å². The average Bonchev–Trinajstić information content (AvgIpc) is 2.87. The summed E-state index contributed by atoms with van der Waals surface area (Å²) in [5, 5.41) is 3.92. The molecule has 1 unspecified atom stereocenters. The molecule has 1 amide bonds. The highest BCUT2D eigenvalue weighted by molar-refractivity contribution is 6.31. The van der Waals surface area contributed by atoms with E-state index in [0.29, 0.717) is 23.9 Å². The number of terminal acetylenes is 1. The number of nitrogens with one attached hydrogen (secondary N) is 1. The number of rotatable bonds is 4. The van der Waals surface area contributed by atoms with Crippen LogP contribution in [-0.4, -0.2) is 31.1 Å². The van der Waals surface area contributed by atoms with Crippen LogP contribution in [-0.2, 0) is 6.42 Å². The van der Waals surface area contributed by atoms with Crippen LogP contribution in [0.5, 0.6) is 5.75 Å². The van der Waals surface area contributed by atoms with Gasteiger partial charge < -0.3 is 9.64 Å². The van der Waals surface area contributed by atoms with Gasteiger partial charge in [0.1, 0.15) is 5.75 Å². The summed E-state index contributed by atoms with van der Waals surface area (Å²) in [6.45, 7) is 2.98. The number of fused-ring (bicyclic) bond motifs is 1. The first-order valence-corrected chi connectivity index (χ1v) is 7.36. The third kappa shape index (κ3) is 4.07. The molecule has 1 aliphatic rings. The Morgan fingerprint density at radius 2 is 2.32 bits per heavy atom. The monoisotopic (exact) mass is 342 g/mol. The fourth-order valence-electron chi connectivity index (χ4n) is 2.41. The second kappa shape index (κ2) is 8.28. The van der Waals surface area contributed by atoms with Gasteiger partial charge in [-0.3, -0.25) is 5.32 Å². The Morgan fingerprint density at radius 3 is 2.95 bits per heavy atom. The van der Waals surface area contributed by atoms with Crippen LogP contribution in [0.1, 0.15) is 30.5 Å². The summed E-state index contributed by atoms with van der Waals surface area (Å²) < 4.78 is 5.36. The van der Waals surface area contributed by atoms with E-state index >= 15 is 0 Å². The summed E-state index contributed by atoms with van der Waals surface area (Å²) in [7, 11) is 1.69. The highest BCUT2D eigenvalue weighted by atomic mass is 35.5. The molecule has 2 rings (SSSR count). The largest absolute Gasteiger partial charge is 0.414 e. The van der Waals surface area contributed by atoms with Gasteiger partial charge in [-0.05, 0) is 43.0 Å². The van der Waals surface area contributed by atoms with Crippen LogP contribution in [0, 0.1) is 12.3 Å². The fraction of sp³-hybridized carbons (Fsp3) is 0.438. The van der Waals surface area contributed by atoms with Gasteiger partial charge >= 0.3 is 6.09 Å². The Hall–Kier alpha value is -1.41. The van der Waals surface area contributed by atoms with Gasteiger partial charge in [0, 0.05) is 24.7 Å². The van der Waals surface area contributed by atoms with E-state index in [9.17, 15) is 4.79 Å². The predicted molar refractivity (Wildman–Crippen MR) is 90.9 cm³/mol. The second-order valence-electron chi connectivity index (χ2n) is 5.03. The average molecular weight is 343 g/mol. The fourth-order valence-corrected chi connectivity index (χ4v) is 2.72. The van der Waals surface area contributed by atoms with E-state index in [2.05, 4.69) is 11.2 Å². The normalized spacial score (nSPS) is 15.5. The number of ether oxygens (including phenoxy) is 1. The summed E-state index contributed by atoms with van der Waals surface area (Å²) in [6, 6.07) is 3.74. The molecule has 0 aliphatic heterocycles. The molecule has 1 aromatic rings. The first-order chi connectivity index (χ1) is 10.1. The lowest BCUT2D eigenvalue weighted by atomic mass is 10.1. The van der Waals surface area contributed by atoms with Crippen molar-refractivity contribution in [3.05, 3.63) is 28.3 Å². The maximum absolute atomic E-state index is 11.8. The van der Waals surface area contributed by atoms with Gasteiger partial charge in [0.25, 0.3) is 0 Å².